The lowest BCUT2D eigenvalue weighted by Crippen LogP contribution is -2.30. The molecule has 124 valence electrons. The zero-order valence-corrected chi connectivity index (χ0v) is 13.4. The van der Waals surface area contributed by atoms with Crippen molar-refractivity contribution >= 4 is 12.1 Å². The average Bonchev–Trinajstić information content (AvgIpc) is 2.54. The van der Waals surface area contributed by atoms with Crippen LogP contribution in [0.25, 0.3) is 0 Å². The first-order chi connectivity index (χ1) is 11.0. The highest BCUT2D eigenvalue weighted by atomic mass is 16.5. The fourth-order valence-electron chi connectivity index (χ4n) is 2.87. The van der Waals surface area contributed by atoms with Gasteiger partial charge in [0.2, 0.25) is 0 Å². The van der Waals surface area contributed by atoms with E-state index in [0.717, 1.165) is 31.2 Å². The van der Waals surface area contributed by atoms with Gasteiger partial charge in [-0.3, -0.25) is 5.32 Å². The molecule has 1 aromatic rings. The first-order valence-electron chi connectivity index (χ1n) is 7.92. The Morgan fingerprint density at radius 2 is 1.87 bits per heavy atom. The van der Waals surface area contributed by atoms with Gasteiger partial charge in [-0.25, -0.2) is 9.59 Å². The number of carbonyl (C=O) groups is 2. The third-order valence-corrected chi connectivity index (χ3v) is 4.17. The minimum absolute atomic E-state index is 0.104. The highest BCUT2D eigenvalue weighted by molar-refractivity contribution is 5.90. The Bertz CT molecular complexity index is 574. The summed E-state index contributed by atoms with van der Waals surface area (Å²) in [5, 5.41) is 11.7. The number of carboxylic acids is 1. The van der Waals surface area contributed by atoms with Crippen molar-refractivity contribution in [3.8, 4) is 0 Å². The molecule has 1 aliphatic carbocycles. The molecule has 1 saturated carbocycles. The second-order valence-corrected chi connectivity index (χ2v) is 6.26. The molecule has 0 radical (unpaired) electrons. The molecule has 0 aliphatic heterocycles. The van der Waals surface area contributed by atoms with Crippen molar-refractivity contribution in [2.45, 2.75) is 45.6 Å². The summed E-state index contributed by atoms with van der Waals surface area (Å²) in [5.74, 6) is -1.14. The van der Waals surface area contributed by atoms with Crippen molar-refractivity contribution in [3.05, 3.63) is 47.7 Å². The highest BCUT2D eigenvalue weighted by Crippen LogP contribution is 2.37. The Kier molecular flexibility index (Phi) is 5.79. The van der Waals surface area contributed by atoms with E-state index in [1.54, 1.807) is 6.08 Å². The van der Waals surface area contributed by atoms with E-state index in [-0.39, 0.29) is 17.7 Å². The van der Waals surface area contributed by atoms with E-state index in [9.17, 15) is 14.7 Å². The van der Waals surface area contributed by atoms with Crippen molar-refractivity contribution in [1.82, 2.24) is 5.32 Å². The predicted molar refractivity (Wildman–Crippen MR) is 86.7 cm³/mol. The zero-order chi connectivity index (χ0) is 16.7. The SMILES string of the molecule is CC1(/C=C(\NC(=O)OCc2ccccc2)C(=O)O)CCCCC1. The molecule has 0 atom stereocenters. The van der Waals surface area contributed by atoms with E-state index in [2.05, 4.69) is 5.32 Å². The summed E-state index contributed by atoms with van der Waals surface area (Å²) in [4.78, 5) is 23.2. The summed E-state index contributed by atoms with van der Waals surface area (Å²) in [5.41, 5.74) is 0.564. The lowest BCUT2D eigenvalue weighted by atomic mass is 9.75. The molecule has 0 spiro atoms. The van der Waals surface area contributed by atoms with Crippen molar-refractivity contribution in [1.29, 1.82) is 0 Å². The number of amides is 1. The second kappa shape index (κ2) is 7.81. The number of rotatable bonds is 5. The molecular weight excluding hydrogens is 294 g/mol. The van der Waals surface area contributed by atoms with Crippen LogP contribution in [0.3, 0.4) is 0 Å². The van der Waals surface area contributed by atoms with Gasteiger partial charge in [-0.15, -0.1) is 0 Å². The van der Waals surface area contributed by atoms with Crippen LogP contribution >= 0.6 is 0 Å². The maximum absolute atomic E-state index is 11.8. The third-order valence-electron chi connectivity index (χ3n) is 4.17. The standard InChI is InChI=1S/C18H23NO4/c1-18(10-6-3-7-11-18)12-15(16(20)21)19-17(22)23-13-14-8-4-2-5-9-14/h2,4-5,8-9,12H,3,6-7,10-11,13H2,1H3,(H,19,22)(H,20,21)/b15-12-. The summed E-state index contributed by atoms with van der Waals surface area (Å²) in [6.07, 6.45) is 6.13. The normalized spacial score (nSPS) is 17.3. The molecule has 1 fully saturated rings. The number of nitrogens with one attached hydrogen (secondary N) is 1. The lowest BCUT2D eigenvalue weighted by molar-refractivity contribution is -0.133. The van der Waals surface area contributed by atoms with Crippen LogP contribution in [-0.2, 0) is 16.1 Å². The van der Waals surface area contributed by atoms with Gasteiger partial charge in [0.1, 0.15) is 12.3 Å². The second-order valence-electron chi connectivity index (χ2n) is 6.26. The number of hydrogen-bond donors (Lipinski definition) is 2. The van der Waals surface area contributed by atoms with Crippen LogP contribution in [0.2, 0.25) is 0 Å². The Morgan fingerprint density at radius 1 is 1.22 bits per heavy atom. The number of aliphatic carboxylic acids is 1. The van der Waals surface area contributed by atoms with E-state index in [1.165, 1.54) is 6.42 Å². The number of carboxylic acid groups (broad SMARTS) is 1. The molecular formula is C18H23NO4. The number of ether oxygens (including phenoxy) is 1. The summed E-state index contributed by atoms with van der Waals surface area (Å²) in [6.45, 7) is 2.14. The fraction of sp³-hybridized carbons (Fsp3) is 0.444. The van der Waals surface area contributed by atoms with E-state index in [4.69, 9.17) is 4.74 Å². The minimum atomic E-state index is -1.14. The number of carbonyl (C=O) groups excluding carboxylic acids is 1. The van der Waals surface area contributed by atoms with E-state index < -0.39 is 12.1 Å². The zero-order valence-electron chi connectivity index (χ0n) is 13.4. The quantitative estimate of drug-likeness (QED) is 0.809. The molecule has 1 amide bonds. The fourth-order valence-corrected chi connectivity index (χ4v) is 2.87. The first kappa shape index (κ1) is 17.1. The Balaban J connectivity index is 1.96. The van der Waals surface area contributed by atoms with Crippen molar-refractivity contribution < 1.29 is 19.4 Å². The molecule has 5 nitrogen and oxygen atoms in total. The highest BCUT2D eigenvalue weighted by Gasteiger charge is 2.27. The molecule has 1 aromatic carbocycles. The molecule has 0 heterocycles. The minimum Gasteiger partial charge on any atom is -0.477 e. The smallest absolute Gasteiger partial charge is 0.412 e. The van der Waals surface area contributed by atoms with Crippen LogP contribution in [0.1, 0.15) is 44.6 Å². The Labute approximate surface area is 136 Å². The van der Waals surface area contributed by atoms with Gasteiger partial charge in [-0.05, 0) is 29.9 Å². The van der Waals surface area contributed by atoms with Gasteiger partial charge in [0.05, 0.1) is 0 Å². The van der Waals surface area contributed by atoms with Crippen LogP contribution in [0.15, 0.2) is 42.1 Å². The summed E-state index contributed by atoms with van der Waals surface area (Å²) >= 11 is 0. The number of alkyl carbamates (subject to hydrolysis) is 1. The predicted octanol–water partition coefficient (Wildman–Crippen LogP) is 3.85. The maximum Gasteiger partial charge on any atom is 0.412 e. The van der Waals surface area contributed by atoms with Crippen LogP contribution < -0.4 is 5.32 Å². The van der Waals surface area contributed by atoms with Crippen LogP contribution in [0.4, 0.5) is 4.79 Å². The molecule has 0 aromatic heterocycles. The van der Waals surface area contributed by atoms with Gasteiger partial charge in [-0.2, -0.15) is 0 Å². The van der Waals surface area contributed by atoms with Gasteiger partial charge < -0.3 is 9.84 Å². The molecule has 5 heteroatoms. The third kappa shape index (κ3) is 5.43. The molecule has 0 saturated heterocycles. The van der Waals surface area contributed by atoms with Crippen molar-refractivity contribution in [2.75, 3.05) is 0 Å². The monoisotopic (exact) mass is 317 g/mol. The number of allylic oxidation sites excluding steroid dienone is 1. The molecule has 2 rings (SSSR count). The van der Waals surface area contributed by atoms with Gasteiger partial charge in [0.15, 0.2) is 0 Å². The van der Waals surface area contributed by atoms with Gasteiger partial charge >= 0.3 is 12.1 Å². The summed E-state index contributed by atoms with van der Waals surface area (Å²) in [7, 11) is 0. The molecule has 0 unspecified atom stereocenters. The molecule has 1 aliphatic rings. The largest absolute Gasteiger partial charge is 0.477 e. The summed E-state index contributed by atoms with van der Waals surface area (Å²) in [6, 6.07) is 9.25. The van der Waals surface area contributed by atoms with E-state index >= 15 is 0 Å². The van der Waals surface area contributed by atoms with E-state index in [0.29, 0.717) is 0 Å². The first-order valence-corrected chi connectivity index (χ1v) is 7.92. The lowest BCUT2D eigenvalue weighted by Gasteiger charge is -2.30. The van der Waals surface area contributed by atoms with Crippen molar-refractivity contribution in [2.24, 2.45) is 5.41 Å². The van der Waals surface area contributed by atoms with Crippen LogP contribution in [-0.4, -0.2) is 17.2 Å². The topological polar surface area (TPSA) is 75.6 Å². The van der Waals surface area contributed by atoms with E-state index in [1.807, 2.05) is 37.3 Å². The van der Waals surface area contributed by atoms with Gasteiger partial charge in [-0.1, -0.05) is 56.5 Å². The molecule has 23 heavy (non-hydrogen) atoms. The van der Waals surface area contributed by atoms with Gasteiger partial charge in [0.25, 0.3) is 0 Å². The maximum atomic E-state index is 11.8. The molecule has 2 N–H and O–H groups in total. The van der Waals surface area contributed by atoms with Crippen LogP contribution in [0.5, 0.6) is 0 Å². The Morgan fingerprint density at radius 3 is 2.48 bits per heavy atom. The van der Waals surface area contributed by atoms with Gasteiger partial charge in [0, 0.05) is 0 Å². The Hall–Kier alpha value is -2.30. The average molecular weight is 317 g/mol. The summed E-state index contributed by atoms with van der Waals surface area (Å²) < 4.78 is 5.08. The number of benzene rings is 1. The molecule has 0 bridgehead atoms. The van der Waals surface area contributed by atoms with Crippen molar-refractivity contribution in [3.63, 3.8) is 0 Å². The number of hydrogen-bond acceptors (Lipinski definition) is 3. The van der Waals surface area contributed by atoms with Crippen LogP contribution in [0, 0.1) is 5.41 Å².